The number of hydrogen-bond acceptors (Lipinski definition) is 4. The summed E-state index contributed by atoms with van der Waals surface area (Å²) in [6.45, 7) is 8.28. The van der Waals surface area contributed by atoms with Crippen LogP contribution in [-0.2, 0) is 4.79 Å². The zero-order valence-electron chi connectivity index (χ0n) is 15.4. The van der Waals surface area contributed by atoms with Gasteiger partial charge >= 0.3 is 0 Å². The van der Waals surface area contributed by atoms with E-state index in [1.165, 1.54) is 11.3 Å². The Morgan fingerprint density at radius 2 is 2.23 bits per heavy atom. The molecule has 1 saturated heterocycles. The Morgan fingerprint density at radius 3 is 2.81 bits per heavy atom. The van der Waals surface area contributed by atoms with Crippen LogP contribution in [0.3, 0.4) is 0 Å². The van der Waals surface area contributed by atoms with E-state index in [-0.39, 0.29) is 48.4 Å². The number of hydrogen-bond donors (Lipinski definition) is 3. The number of halogens is 2. The highest BCUT2D eigenvalue weighted by molar-refractivity contribution is 14.0. The van der Waals surface area contributed by atoms with E-state index < -0.39 is 6.10 Å². The van der Waals surface area contributed by atoms with Crippen LogP contribution in [0.1, 0.15) is 38.2 Å². The van der Waals surface area contributed by atoms with Gasteiger partial charge in [-0.3, -0.25) is 9.79 Å². The van der Waals surface area contributed by atoms with E-state index in [1.54, 1.807) is 6.07 Å². The van der Waals surface area contributed by atoms with Crippen LogP contribution in [0.2, 0.25) is 4.34 Å². The first-order valence-electron chi connectivity index (χ1n) is 8.67. The molecule has 0 radical (unpaired) electrons. The van der Waals surface area contributed by atoms with Crippen molar-refractivity contribution in [1.29, 1.82) is 0 Å². The maximum absolute atomic E-state index is 12.1. The van der Waals surface area contributed by atoms with Crippen molar-refractivity contribution in [2.24, 2.45) is 10.9 Å². The first kappa shape index (κ1) is 23.5. The molecular weight excluding hydrogens is 487 g/mol. The van der Waals surface area contributed by atoms with Gasteiger partial charge in [0.25, 0.3) is 0 Å². The first-order valence-corrected chi connectivity index (χ1v) is 9.87. The minimum Gasteiger partial charge on any atom is -0.386 e. The Labute approximate surface area is 181 Å². The molecule has 1 aromatic rings. The van der Waals surface area contributed by atoms with Crippen molar-refractivity contribution in [3.63, 3.8) is 0 Å². The summed E-state index contributed by atoms with van der Waals surface area (Å²) in [4.78, 5) is 19.3. The average Bonchev–Trinajstić information content (AvgIpc) is 3.21. The van der Waals surface area contributed by atoms with E-state index >= 15 is 0 Å². The molecule has 2 rings (SSSR count). The lowest BCUT2D eigenvalue weighted by Crippen LogP contribution is -2.45. The highest BCUT2D eigenvalue weighted by Gasteiger charge is 2.28. The number of nitrogens with zero attached hydrogens (tertiary/aromatic N) is 2. The van der Waals surface area contributed by atoms with Crippen LogP contribution in [-0.4, -0.2) is 54.1 Å². The van der Waals surface area contributed by atoms with Crippen molar-refractivity contribution in [3.05, 3.63) is 21.3 Å². The summed E-state index contributed by atoms with van der Waals surface area (Å²) in [6, 6.07) is 3.77. The van der Waals surface area contributed by atoms with E-state index in [4.69, 9.17) is 11.6 Å². The molecule has 2 unspecified atom stereocenters. The number of aliphatic imine (C=N–C) groups is 1. The maximum Gasteiger partial charge on any atom is 0.225 e. The van der Waals surface area contributed by atoms with Gasteiger partial charge in [-0.2, -0.15) is 0 Å². The average molecular weight is 515 g/mol. The zero-order chi connectivity index (χ0) is 18.4. The smallest absolute Gasteiger partial charge is 0.225 e. The van der Waals surface area contributed by atoms with Crippen molar-refractivity contribution in [2.75, 3.05) is 26.2 Å². The third kappa shape index (κ3) is 6.86. The largest absolute Gasteiger partial charge is 0.386 e. The second-order valence-electron chi connectivity index (χ2n) is 6.45. The number of carbonyl (C=O) groups excluding carboxylic acids is 1. The molecule has 3 N–H and O–H groups in total. The van der Waals surface area contributed by atoms with E-state index in [1.807, 2.05) is 31.7 Å². The lowest BCUT2D eigenvalue weighted by Gasteiger charge is -2.20. The number of thiophene rings is 1. The van der Waals surface area contributed by atoms with Crippen LogP contribution in [0, 0.1) is 5.92 Å². The van der Waals surface area contributed by atoms with Gasteiger partial charge in [-0.05, 0) is 25.5 Å². The third-order valence-corrected chi connectivity index (χ3v) is 5.36. The van der Waals surface area contributed by atoms with Gasteiger partial charge < -0.3 is 20.6 Å². The molecule has 0 spiro atoms. The molecule has 0 saturated carbocycles. The van der Waals surface area contributed by atoms with Gasteiger partial charge in [0.2, 0.25) is 5.91 Å². The number of aliphatic hydroxyl groups excluding tert-OH is 1. The fourth-order valence-corrected chi connectivity index (χ4v) is 3.77. The van der Waals surface area contributed by atoms with Crippen molar-refractivity contribution in [2.45, 2.75) is 39.3 Å². The third-order valence-electron chi connectivity index (χ3n) is 4.02. The number of likely N-dealkylation sites (tertiary alicyclic amines) is 1. The van der Waals surface area contributed by atoms with E-state index in [9.17, 15) is 9.90 Å². The van der Waals surface area contributed by atoms with E-state index in [0.717, 1.165) is 24.4 Å². The van der Waals surface area contributed by atoms with Crippen LogP contribution in [0.4, 0.5) is 0 Å². The summed E-state index contributed by atoms with van der Waals surface area (Å²) in [5.41, 5.74) is 0. The Kier molecular flexibility index (Phi) is 10.2. The number of aliphatic hydroxyl groups is 1. The molecule has 0 aromatic carbocycles. The van der Waals surface area contributed by atoms with Crippen molar-refractivity contribution < 1.29 is 9.90 Å². The number of nitrogens with one attached hydrogen (secondary N) is 2. The minimum atomic E-state index is -0.671. The minimum absolute atomic E-state index is 0. The van der Waals surface area contributed by atoms with Gasteiger partial charge in [-0.25, -0.2) is 0 Å². The number of rotatable bonds is 6. The Morgan fingerprint density at radius 1 is 1.50 bits per heavy atom. The number of carbonyl (C=O) groups is 1. The topological polar surface area (TPSA) is 77.0 Å². The summed E-state index contributed by atoms with van der Waals surface area (Å²) in [6.07, 6.45) is 0.224. The molecule has 1 aliphatic rings. The van der Waals surface area contributed by atoms with Gasteiger partial charge in [0.1, 0.15) is 6.10 Å². The normalized spacial score (nSPS) is 18.6. The van der Waals surface area contributed by atoms with Crippen LogP contribution in [0.5, 0.6) is 0 Å². The molecule has 148 valence electrons. The monoisotopic (exact) mass is 514 g/mol. The summed E-state index contributed by atoms with van der Waals surface area (Å²) >= 11 is 7.27. The summed E-state index contributed by atoms with van der Waals surface area (Å²) in [5.74, 6) is 0.873. The van der Waals surface area contributed by atoms with Crippen molar-refractivity contribution in [3.8, 4) is 0 Å². The van der Waals surface area contributed by atoms with Crippen LogP contribution in [0.15, 0.2) is 17.1 Å². The zero-order valence-corrected chi connectivity index (χ0v) is 19.3. The highest BCUT2D eigenvalue weighted by atomic mass is 127. The summed E-state index contributed by atoms with van der Waals surface area (Å²) in [5, 5.41) is 16.8. The van der Waals surface area contributed by atoms with Crippen LogP contribution >= 0.6 is 46.9 Å². The molecule has 26 heavy (non-hydrogen) atoms. The van der Waals surface area contributed by atoms with Gasteiger partial charge in [0.15, 0.2) is 5.96 Å². The molecule has 1 fully saturated rings. The summed E-state index contributed by atoms with van der Waals surface area (Å²) in [7, 11) is 0. The molecule has 6 nitrogen and oxygen atoms in total. The van der Waals surface area contributed by atoms with Crippen LogP contribution < -0.4 is 10.6 Å². The molecule has 1 aromatic heterocycles. The van der Waals surface area contributed by atoms with E-state index in [0.29, 0.717) is 16.8 Å². The van der Waals surface area contributed by atoms with Gasteiger partial charge in [0.05, 0.1) is 10.9 Å². The maximum atomic E-state index is 12.1. The molecule has 0 bridgehead atoms. The second kappa shape index (κ2) is 11.3. The Bertz CT molecular complexity index is 611. The quantitative estimate of drug-likeness (QED) is 0.310. The standard InChI is InChI=1S/C17H27ClN4O2S.HI/c1-4-19-17(20-9-13(23)14-5-6-15(18)25-14)21-12-7-8-22(10-12)16(24)11(2)3;/h5-6,11-13,23H,4,7-10H2,1-3H3,(H2,19,20,21);1H. The molecular formula is C17H28ClIN4O2S. The molecule has 0 aliphatic carbocycles. The van der Waals surface area contributed by atoms with Crippen molar-refractivity contribution >= 4 is 58.8 Å². The van der Waals surface area contributed by atoms with E-state index in [2.05, 4.69) is 15.6 Å². The van der Waals surface area contributed by atoms with Gasteiger partial charge in [0, 0.05) is 36.5 Å². The SMILES string of the molecule is CCNC(=NCC(O)c1ccc(Cl)s1)NC1CCN(C(=O)C(C)C)C1.I. The molecule has 9 heteroatoms. The molecule has 2 heterocycles. The van der Waals surface area contributed by atoms with Crippen molar-refractivity contribution in [1.82, 2.24) is 15.5 Å². The van der Waals surface area contributed by atoms with Gasteiger partial charge in [-0.15, -0.1) is 35.3 Å². The fraction of sp³-hybridized carbons (Fsp3) is 0.647. The number of amides is 1. The fourth-order valence-electron chi connectivity index (χ4n) is 2.73. The Balaban J connectivity index is 0.00000338. The molecule has 2 atom stereocenters. The predicted molar refractivity (Wildman–Crippen MR) is 119 cm³/mol. The Hall–Kier alpha value is -0.580. The first-order chi connectivity index (χ1) is 11.9. The molecule has 1 aliphatic heterocycles. The van der Waals surface area contributed by atoms with Crippen LogP contribution in [0.25, 0.3) is 0 Å². The second-order valence-corrected chi connectivity index (χ2v) is 8.19. The van der Waals surface area contributed by atoms with Gasteiger partial charge in [-0.1, -0.05) is 25.4 Å². The summed E-state index contributed by atoms with van der Waals surface area (Å²) < 4.78 is 0.656. The number of guanidine groups is 1. The predicted octanol–water partition coefficient (Wildman–Crippen LogP) is 2.86. The molecule has 1 amide bonds. The lowest BCUT2D eigenvalue weighted by molar-refractivity contribution is -0.133. The highest BCUT2D eigenvalue weighted by Crippen LogP contribution is 2.26. The lowest BCUT2D eigenvalue weighted by atomic mass is 10.2.